The topological polar surface area (TPSA) is 206 Å². The molecule has 0 spiro atoms. The SMILES string of the molecule is O=c1c(O)c(-c2cc(O)c(O)c(O)c2)oc2c(S(=O)(=O)O)c(O)cc(O)c12.[Ca+2].[Ca+2]. The minimum atomic E-state index is -5.14. The molecule has 0 radical (unpaired) electrons. The Bertz CT molecular complexity index is 1260. The quantitative estimate of drug-likeness (QED) is 0.150. The van der Waals surface area contributed by atoms with Gasteiger partial charge in [0.05, 0.1) is 0 Å². The van der Waals surface area contributed by atoms with Gasteiger partial charge >= 0.3 is 85.6 Å². The molecule has 0 saturated carbocycles. The molecule has 142 valence electrons. The molecular formula is C15H10Ca2O11S+4. The van der Waals surface area contributed by atoms with Crippen LogP contribution in [0.4, 0.5) is 0 Å². The first-order chi connectivity index (χ1) is 12.4. The van der Waals surface area contributed by atoms with Crippen molar-refractivity contribution in [3.63, 3.8) is 0 Å². The number of fused-ring (bicyclic) bond motifs is 1. The van der Waals surface area contributed by atoms with Gasteiger partial charge in [-0.15, -0.1) is 0 Å². The molecule has 0 aliphatic carbocycles. The van der Waals surface area contributed by atoms with Gasteiger partial charge < -0.3 is 35.1 Å². The van der Waals surface area contributed by atoms with Gasteiger partial charge in [0.15, 0.2) is 33.5 Å². The van der Waals surface area contributed by atoms with Gasteiger partial charge in [-0.1, -0.05) is 0 Å². The van der Waals surface area contributed by atoms with E-state index in [1.165, 1.54) is 0 Å². The smallest absolute Gasteiger partial charge is 0.507 e. The number of phenols is 5. The predicted molar refractivity (Wildman–Crippen MR) is 99.2 cm³/mol. The normalized spacial score (nSPS) is 10.9. The van der Waals surface area contributed by atoms with E-state index in [1.54, 1.807) is 0 Å². The third-order valence-electron chi connectivity index (χ3n) is 3.65. The number of benzene rings is 2. The van der Waals surface area contributed by atoms with Crippen LogP contribution in [-0.4, -0.2) is 119 Å². The van der Waals surface area contributed by atoms with Crippen LogP contribution >= 0.6 is 0 Å². The van der Waals surface area contributed by atoms with Gasteiger partial charge in [0.1, 0.15) is 16.9 Å². The molecule has 0 amide bonds. The molecule has 0 fully saturated rings. The maximum absolute atomic E-state index is 12.4. The Morgan fingerprint density at radius 3 is 1.76 bits per heavy atom. The fourth-order valence-electron chi connectivity index (χ4n) is 2.48. The van der Waals surface area contributed by atoms with E-state index in [0.29, 0.717) is 6.07 Å². The minimum Gasteiger partial charge on any atom is -0.507 e. The van der Waals surface area contributed by atoms with E-state index in [1.807, 2.05) is 0 Å². The molecule has 29 heavy (non-hydrogen) atoms. The Morgan fingerprint density at radius 2 is 1.28 bits per heavy atom. The molecule has 11 nitrogen and oxygen atoms in total. The molecule has 0 atom stereocenters. The summed E-state index contributed by atoms with van der Waals surface area (Å²) >= 11 is 0. The zero-order valence-electron chi connectivity index (χ0n) is 14.3. The van der Waals surface area contributed by atoms with Crippen molar-refractivity contribution in [2.24, 2.45) is 0 Å². The summed E-state index contributed by atoms with van der Waals surface area (Å²) in [5, 5.41) is 57.2. The summed E-state index contributed by atoms with van der Waals surface area (Å²) in [5.41, 5.74) is -2.69. The Morgan fingerprint density at radius 1 is 0.759 bits per heavy atom. The van der Waals surface area contributed by atoms with Gasteiger partial charge in [-0.05, 0) is 12.1 Å². The van der Waals surface area contributed by atoms with Crippen molar-refractivity contribution in [2.45, 2.75) is 4.90 Å². The minimum absolute atomic E-state index is 0. The summed E-state index contributed by atoms with van der Waals surface area (Å²) < 4.78 is 37.5. The van der Waals surface area contributed by atoms with Crippen molar-refractivity contribution in [3.05, 3.63) is 28.4 Å². The largest absolute Gasteiger partial charge is 2.00 e. The fourth-order valence-corrected chi connectivity index (χ4v) is 3.18. The van der Waals surface area contributed by atoms with Crippen LogP contribution in [0.2, 0.25) is 0 Å². The molecule has 0 unspecified atom stereocenters. The van der Waals surface area contributed by atoms with E-state index in [9.17, 15) is 48.4 Å². The van der Waals surface area contributed by atoms with Crippen LogP contribution in [-0.2, 0) is 10.1 Å². The molecule has 1 aromatic heterocycles. The van der Waals surface area contributed by atoms with Crippen LogP contribution in [0, 0.1) is 0 Å². The maximum atomic E-state index is 12.4. The number of aromatic hydroxyl groups is 6. The zero-order chi connectivity index (χ0) is 20.3. The standard InChI is InChI=1S/C15H10O11S.2Ca/c16-5-3-8(19)15(27(23,24)25)14-9(5)11(21)12(22)13(26-14)4-1-6(17)10(20)7(18)2-4;;/h1-3,16-20,22H,(H,23,24,25);;/q;2*+2. The zero-order valence-corrected chi connectivity index (χ0v) is 19.6. The molecule has 3 aromatic rings. The summed E-state index contributed by atoms with van der Waals surface area (Å²) in [6.45, 7) is 0. The van der Waals surface area contributed by atoms with Crippen LogP contribution in [0.15, 0.2) is 32.3 Å². The maximum Gasteiger partial charge on any atom is 2.00 e. The van der Waals surface area contributed by atoms with Gasteiger partial charge in [0.2, 0.25) is 11.2 Å². The van der Waals surface area contributed by atoms with Crippen molar-refractivity contribution in [3.8, 4) is 45.8 Å². The first-order valence-corrected chi connectivity index (χ1v) is 8.35. The number of hydrogen-bond acceptors (Lipinski definition) is 10. The van der Waals surface area contributed by atoms with Crippen molar-refractivity contribution in [1.82, 2.24) is 0 Å². The first kappa shape index (κ1) is 25.9. The fraction of sp³-hybridized carbons (Fsp3) is 0. The molecule has 0 saturated heterocycles. The number of hydrogen-bond donors (Lipinski definition) is 7. The van der Waals surface area contributed by atoms with Gasteiger partial charge in [0, 0.05) is 11.6 Å². The van der Waals surface area contributed by atoms with Gasteiger partial charge in [-0.2, -0.15) is 8.42 Å². The summed E-state index contributed by atoms with van der Waals surface area (Å²) in [5.74, 6) is -6.64. The Balaban J connectivity index is 0.00000210. The van der Waals surface area contributed by atoms with E-state index in [-0.39, 0.29) is 81.0 Å². The van der Waals surface area contributed by atoms with Crippen LogP contribution < -0.4 is 5.43 Å². The van der Waals surface area contributed by atoms with Crippen LogP contribution in [0.1, 0.15) is 0 Å². The molecule has 2 aromatic carbocycles. The van der Waals surface area contributed by atoms with E-state index >= 15 is 0 Å². The van der Waals surface area contributed by atoms with E-state index in [2.05, 4.69) is 0 Å². The van der Waals surface area contributed by atoms with Gasteiger partial charge in [0.25, 0.3) is 0 Å². The molecule has 3 rings (SSSR count). The van der Waals surface area contributed by atoms with Crippen LogP contribution in [0.5, 0.6) is 34.5 Å². The number of phenolic OH excluding ortho intramolecular Hbond substituents is 5. The average Bonchev–Trinajstić information content (AvgIpc) is 2.53. The number of rotatable bonds is 2. The Hall–Kier alpha value is -1.12. The molecule has 1 heterocycles. The third kappa shape index (κ3) is 4.49. The second-order valence-corrected chi connectivity index (χ2v) is 6.75. The first-order valence-electron chi connectivity index (χ1n) is 6.91. The molecule has 0 aliphatic heterocycles. The van der Waals surface area contributed by atoms with E-state index < -0.39 is 71.7 Å². The van der Waals surface area contributed by atoms with Gasteiger partial charge in [-0.25, -0.2) is 0 Å². The van der Waals surface area contributed by atoms with Crippen LogP contribution in [0.3, 0.4) is 0 Å². The predicted octanol–water partition coefficient (Wildman–Crippen LogP) is 0.179. The molecular weight excluding hydrogens is 468 g/mol. The summed E-state index contributed by atoms with van der Waals surface area (Å²) in [4.78, 5) is 11.1. The molecule has 0 bridgehead atoms. The van der Waals surface area contributed by atoms with Gasteiger partial charge in [-0.3, -0.25) is 9.35 Å². The van der Waals surface area contributed by atoms with Crippen molar-refractivity contribution >= 4 is 96.6 Å². The Kier molecular flexibility index (Phi) is 7.99. The average molecular weight is 478 g/mol. The second kappa shape index (κ2) is 8.94. The van der Waals surface area contributed by atoms with Crippen molar-refractivity contribution in [2.75, 3.05) is 0 Å². The second-order valence-electron chi connectivity index (χ2n) is 5.40. The third-order valence-corrected chi connectivity index (χ3v) is 4.56. The summed E-state index contributed by atoms with van der Waals surface area (Å²) in [6.07, 6.45) is 0. The summed E-state index contributed by atoms with van der Waals surface area (Å²) in [7, 11) is -5.14. The molecule has 0 aliphatic rings. The van der Waals surface area contributed by atoms with E-state index in [4.69, 9.17) is 4.42 Å². The van der Waals surface area contributed by atoms with Crippen LogP contribution in [0.25, 0.3) is 22.3 Å². The molecule has 14 heteroatoms. The monoisotopic (exact) mass is 478 g/mol. The van der Waals surface area contributed by atoms with Crippen molar-refractivity contribution < 1.29 is 48.0 Å². The van der Waals surface area contributed by atoms with Crippen molar-refractivity contribution in [1.29, 1.82) is 0 Å². The van der Waals surface area contributed by atoms with E-state index in [0.717, 1.165) is 12.1 Å². The molecule has 7 N–H and O–H groups in total. The summed E-state index contributed by atoms with van der Waals surface area (Å²) in [6, 6.07) is 2.00. The Labute approximate surface area is 221 Å².